The van der Waals surface area contributed by atoms with Gasteiger partial charge in [0, 0.05) is 16.9 Å². The zero-order valence-corrected chi connectivity index (χ0v) is 21.3. The summed E-state index contributed by atoms with van der Waals surface area (Å²) in [6.45, 7) is 3.86. The summed E-state index contributed by atoms with van der Waals surface area (Å²) in [5, 5.41) is 36.0. The quantitative estimate of drug-likeness (QED) is 0.160. The molecule has 1 N–H and O–H groups in total. The molecule has 0 aliphatic heterocycles. The van der Waals surface area contributed by atoms with Gasteiger partial charge in [-0.05, 0) is 18.2 Å². The summed E-state index contributed by atoms with van der Waals surface area (Å²) in [6.07, 6.45) is 0. The van der Waals surface area contributed by atoms with Crippen LogP contribution < -0.4 is 19.5 Å². The minimum absolute atomic E-state index is 0.0126. The molecular weight excluding hydrogens is 504 g/mol. The van der Waals surface area contributed by atoms with E-state index in [-0.39, 0.29) is 28.0 Å². The highest BCUT2D eigenvalue weighted by Gasteiger charge is 2.24. The van der Waals surface area contributed by atoms with Crippen LogP contribution in [0.5, 0.6) is 17.2 Å². The Labute approximate surface area is 215 Å². The van der Waals surface area contributed by atoms with Gasteiger partial charge in [-0.25, -0.2) is 9.97 Å². The Kier molecular flexibility index (Phi) is 8.30. The second-order valence-electron chi connectivity index (χ2n) is 7.61. The van der Waals surface area contributed by atoms with Crippen LogP contribution in [-0.2, 0) is 0 Å². The lowest BCUT2D eigenvalue weighted by molar-refractivity contribution is -0.393. The van der Waals surface area contributed by atoms with Crippen molar-refractivity contribution in [2.24, 2.45) is 0 Å². The molecule has 1 aromatic heterocycles. The van der Waals surface area contributed by atoms with Crippen molar-refractivity contribution in [1.29, 1.82) is 5.26 Å². The average Bonchev–Trinajstić information content (AvgIpc) is 2.87. The number of thioether (sulfide) groups is 1. The van der Waals surface area contributed by atoms with Gasteiger partial charge in [-0.2, -0.15) is 5.26 Å². The largest absolute Gasteiger partial charge is 0.493 e. The van der Waals surface area contributed by atoms with Crippen molar-refractivity contribution < 1.29 is 24.1 Å². The number of ether oxygens (including phenoxy) is 3. The highest BCUT2D eigenvalue weighted by Crippen LogP contribution is 2.43. The van der Waals surface area contributed by atoms with Gasteiger partial charge in [-0.1, -0.05) is 25.6 Å². The van der Waals surface area contributed by atoms with Crippen molar-refractivity contribution in [2.45, 2.75) is 24.3 Å². The van der Waals surface area contributed by atoms with Gasteiger partial charge in [0.2, 0.25) is 5.75 Å². The molecule has 3 rings (SSSR count). The van der Waals surface area contributed by atoms with Gasteiger partial charge in [-0.15, -0.1) is 0 Å². The molecule has 0 aliphatic rings. The Balaban J connectivity index is 2.27. The summed E-state index contributed by atoms with van der Waals surface area (Å²) in [4.78, 5) is 30.3. The first-order valence-corrected chi connectivity index (χ1v) is 11.5. The number of non-ortho nitro benzene ring substituents is 1. The molecule has 0 unspecified atom stereocenters. The van der Waals surface area contributed by atoms with E-state index < -0.39 is 21.2 Å². The topological polar surface area (TPSA) is 176 Å². The molecule has 192 valence electrons. The van der Waals surface area contributed by atoms with E-state index >= 15 is 0 Å². The van der Waals surface area contributed by atoms with E-state index in [0.717, 1.165) is 12.1 Å². The van der Waals surface area contributed by atoms with Crippen LogP contribution in [0.15, 0.2) is 35.5 Å². The van der Waals surface area contributed by atoms with Crippen LogP contribution >= 0.6 is 11.8 Å². The molecule has 0 amide bonds. The molecule has 0 saturated heterocycles. The number of benzene rings is 2. The summed E-state index contributed by atoms with van der Waals surface area (Å²) in [6, 6.07) is 8.43. The second-order valence-corrected chi connectivity index (χ2v) is 9.16. The number of nitro groups is 2. The summed E-state index contributed by atoms with van der Waals surface area (Å²) in [5.74, 6) is 0.996. The monoisotopic (exact) mass is 526 g/mol. The molecule has 1 heterocycles. The molecular formula is C23H22N6O7S. The molecule has 0 saturated carbocycles. The maximum atomic E-state index is 11.6. The molecule has 13 nitrogen and oxygen atoms in total. The van der Waals surface area contributed by atoms with Gasteiger partial charge in [0.25, 0.3) is 11.4 Å². The van der Waals surface area contributed by atoms with Gasteiger partial charge in [0.1, 0.15) is 17.3 Å². The van der Waals surface area contributed by atoms with Crippen LogP contribution in [0.1, 0.15) is 19.4 Å². The van der Waals surface area contributed by atoms with Crippen molar-refractivity contribution in [1.82, 2.24) is 9.97 Å². The predicted octanol–water partition coefficient (Wildman–Crippen LogP) is 5.10. The lowest BCUT2D eigenvalue weighted by Gasteiger charge is -2.16. The van der Waals surface area contributed by atoms with Crippen molar-refractivity contribution in [3.05, 3.63) is 56.1 Å². The van der Waals surface area contributed by atoms with Crippen LogP contribution in [0.25, 0.3) is 11.3 Å². The number of nitriles is 1. The Morgan fingerprint density at radius 1 is 1.00 bits per heavy atom. The summed E-state index contributed by atoms with van der Waals surface area (Å²) < 4.78 is 16.2. The Hall–Kier alpha value is -4.64. The van der Waals surface area contributed by atoms with Gasteiger partial charge in [0.15, 0.2) is 22.5 Å². The lowest BCUT2D eigenvalue weighted by Crippen LogP contribution is -2.06. The second kappa shape index (κ2) is 11.4. The third-order valence-corrected chi connectivity index (χ3v) is 5.79. The standard InChI is InChI=1S/C23H22N6O7S/c1-12(2)37-23-26-20(13-8-18(34-3)21(36-5)19(9-13)35-4)15(11-24)22(27-23)25-16-7-6-14(28(30)31)10-17(16)29(32)33/h6-10,12H,1-5H3,(H,25,26,27). The number of nitrogens with zero attached hydrogens (tertiary/aromatic N) is 5. The molecule has 37 heavy (non-hydrogen) atoms. The lowest BCUT2D eigenvalue weighted by atomic mass is 10.1. The highest BCUT2D eigenvalue weighted by atomic mass is 32.2. The Bertz CT molecular complexity index is 1380. The molecule has 0 bridgehead atoms. The first-order chi connectivity index (χ1) is 17.6. The maximum Gasteiger partial charge on any atom is 0.299 e. The van der Waals surface area contributed by atoms with Crippen LogP contribution in [0.2, 0.25) is 0 Å². The Morgan fingerprint density at radius 2 is 1.65 bits per heavy atom. The van der Waals surface area contributed by atoms with E-state index in [4.69, 9.17) is 14.2 Å². The van der Waals surface area contributed by atoms with Crippen molar-refractivity contribution in [2.75, 3.05) is 26.6 Å². The van der Waals surface area contributed by atoms with Crippen molar-refractivity contribution in [3.63, 3.8) is 0 Å². The fraction of sp³-hybridized carbons (Fsp3) is 0.261. The van der Waals surface area contributed by atoms with E-state index in [9.17, 15) is 25.5 Å². The normalized spacial score (nSPS) is 10.5. The van der Waals surface area contributed by atoms with Gasteiger partial charge < -0.3 is 19.5 Å². The average molecular weight is 527 g/mol. The molecule has 2 aromatic carbocycles. The van der Waals surface area contributed by atoms with Gasteiger partial charge in [-0.3, -0.25) is 20.2 Å². The van der Waals surface area contributed by atoms with Crippen LogP contribution in [0, 0.1) is 31.6 Å². The third kappa shape index (κ3) is 5.78. The first kappa shape index (κ1) is 27.0. The fourth-order valence-corrected chi connectivity index (χ4v) is 4.05. The van der Waals surface area contributed by atoms with Crippen molar-refractivity contribution >= 4 is 34.6 Å². The van der Waals surface area contributed by atoms with E-state index in [0.29, 0.717) is 28.0 Å². The molecule has 0 fully saturated rings. The molecule has 0 aliphatic carbocycles. The molecule has 3 aromatic rings. The third-order valence-electron chi connectivity index (χ3n) is 4.92. The molecule has 0 atom stereocenters. The van der Waals surface area contributed by atoms with Crippen LogP contribution in [-0.4, -0.2) is 46.4 Å². The minimum atomic E-state index is -0.757. The number of anilines is 2. The molecule has 14 heteroatoms. The van der Waals surface area contributed by atoms with Crippen LogP contribution in [0.4, 0.5) is 22.9 Å². The highest BCUT2D eigenvalue weighted by molar-refractivity contribution is 7.99. The SMILES string of the molecule is COc1cc(-c2nc(SC(C)C)nc(Nc3ccc([N+](=O)[O-])cc3[N+](=O)[O-])c2C#N)cc(OC)c1OC. The molecule has 0 radical (unpaired) electrons. The zero-order valence-electron chi connectivity index (χ0n) is 20.5. The number of hydrogen-bond donors (Lipinski definition) is 1. The number of hydrogen-bond acceptors (Lipinski definition) is 12. The van der Waals surface area contributed by atoms with E-state index in [1.54, 1.807) is 12.1 Å². The number of nitrogens with one attached hydrogen (secondary N) is 1. The summed E-state index contributed by atoms with van der Waals surface area (Å²) in [5.41, 5.74) is -0.442. The number of nitro benzene ring substituents is 2. The molecule has 0 spiro atoms. The van der Waals surface area contributed by atoms with Gasteiger partial charge >= 0.3 is 0 Å². The van der Waals surface area contributed by atoms with Crippen LogP contribution in [0.3, 0.4) is 0 Å². The number of methoxy groups -OCH3 is 3. The smallest absolute Gasteiger partial charge is 0.299 e. The summed E-state index contributed by atoms with van der Waals surface area (Å²) >= 11 is 1.31. The maximum absolute atomic E-state index is 11.6. The van der Waals surface area contributed by atoms with Crippen molar-refractivity contribution in [3.8, 4) is 34.6 Å². The first-order valence-electron chi connectivity index (χ1n) is 10.6. The van der Waals surface area contributed by atoms with E-state index in [2.05, 4.69) is 21.4 Å². The minimum Gasteiger partial charge on any atom is -0.493 e. The van der Waals surface area contributed by atoms with E-state index in [1.165, 1.54) is 39.2 Å². The fourth-order valence-electron chi connectivity index (χ4n) is 3.34. The zero-order chi connectivity index (χ0) is 27.3. The summed E-state index contributed by atoms with van der Waals surface area (Å²) in [7, 11) is 4.36. The van der Waals surface area contributed by atoms with Gasteiger partial charge in [0.05, 0.1) is 42.9 Å². The Morgan fingerprint density at radius 3 is 2.14 bits per heavy atom. The predicted molar refractivity (Wildman–Crippen MR) is 136 cm³/mol. The van der Waals surface area contributed by atoms with E-state index in [1.807, 2.05) is 13.8 Å². The number of aromatic nitrogens is 2. The number of rotatable bonds is 10.